The van der Waals surface area contributed by atoms with Gasteiger partial charge in [-0.25, -0.2) is 9.59 Å². The van der Waals surface area contributed by atoms with Crippen LogP contribution in [0.3, 0.4) is 0 Å². The van der Waals surface area contributed by atoms with Crippen LogP contribution in [0.15, 0.2) is 24.3 Å². The van der Waals surface area contributed by atoms with Crippen LogP contribution < -0.4 is 0 Å². The molecule has 2 fully saturated rings. The average Bonchev–Trinajstić information content (AvgIpc) is 2.97. The average molecular weight is 565 g/mol. The molecule has 230 valence electrons. The van der Waals surface area contributed by atoms with Crippen molar-refractivity contribution in [1.82, 2.24) is 0 Å². The first-order valence-electron chi connectivity index (χ1n) is 15.7. The second kappa shape index (κ2) is 20.2. The molecule has 0 amide bonds. The van der Waals surface area contributed by atoms with Crippen molar-refractivity contribution in [2.45, 2.75) is 96.8 Å². The molecule has 0 spiro atoms. The lowest BCUT2D eigenvalue weighted by atomic mass is 9.68. The van der Waals surface area contributed by atoms with Crippen LogP contribution in [0.25, 0.3) is 0 Å². The van der Waals surface area contributed by atoms with Gasteiger partial charge in [-0.3, -0.25) is 0 Å². The second-order valence-corrected chi connectivity index (χ2v) is 12.1. The van der Waals surface area contributed by atoms with E-state index in [1.807, 2.05) is 0 Å². The second-order valence-electron chi connectivity index (χ2n) is 12.1. The number of aliphatic hydroxyl groups excluding tert-OH is 1. The van der Waals surface area contributed by atoms with E-state index in [0.717, 1.165) is 30.6 Å². The highest BCUT2D eigenvalue weighted by Gasteiger charge is 2.31. The quantitative estimate of drug-likeness (QED) is 0.103. The molecule has 0 aromatic rings. The molecule has 7 heteroatoms. The minimum atomic E-state index is -0.529. The molecule has 0 heterocycles. The zero-order valence-electron chi connectivity index (χ0n) is 25.3. The molecule has 0 radical (unpaired) electrons. The van der Waals surface area contributed by atoms with E-state index in [9.17, 15) is 9.59 Å². The van der Waals surface area contributed by atoms with Gasteiger partial charge in [0.25, 0.3) is 0 Å². The smallest absolute Gasteiger partial charge is 0.335 e. The molecule has 0 bridgehead atoms. The highest BCUT2D eigenvalue weighted by Crippen LogP contribution is 2.43. The molecule has 2 aliphatic carbocycles. The standard InChI is InChI=1S/C33H56O7/c1-5-6-7-8-27-11-15-30(16-12-27)31-17-13-28(14-18-31)9-10-29(23-39-32(35)25(2)21-37-4)24-40-33(36)26(3)22-38-20-19-34/h27-31,34H,2-3,5-24H2,1,4H3. The van der Waals surface area contributed by atoms with Gasteiger partial charge in [0.15, 0.2) is 0 Å². The summed E-state index contributed by atoms with van der Waals surface area (Å²) in [6.45, 7) is 10.2. The van der Waals surface area contributed by atoms with E-state index in [-0.39, 0.29) is 56.7 Å². The predicted molar refractivity (Wildman–Crippen MR) is 158 cm³/mol. The zero-order chi connectivity index (χ0) is 29.2. The van der Waals surface area contributed by atoms with Gasteiger partial charge in [0.2, 0.25) is 0 Å². The first-order valence-corrected chi connectivity index (χ1v) is 15.7. The fourth-order valence-corrected chi connectivity index (χ4v) is 6.41. The molecule has 1 N–H and O–H groups in total. The number of esters is 2. The van der Waals surface area contributed by atoms with Gasteiger partial charge in [-0.05, 0) is 62.2 Å². The van der Waals surface area contributed by atoms with Gasteiger partial charge in [-0.15, -0.1) is 0 Å². The summed E-state index contributed by atoms with van der Waals surface area (Å²) in [7, 11) is 1.51. The van der Waals surface area contributed by atoms with Gasteiger partial charge >= 0.3 is 11.9 Å². The highest BCUT2D eigenvalue weighted by molar-refractivity contribution is 5.88. The summed E-state index contributed by atoms with van der Waals surface area (Å²) >= 11 is 0. The van der Waals surface area contributed by atoms with Gasteiger partial charge < -0.3 is 24.1 Å². The molecule has 1 unspecified atom stereocenters. The third-order valence-corrected chi connectivity index (χ3v) is 8.96. The van der Waals surface area contributed by atoms with Gasteiger partial charge in [-0.2, -0.15) is 0 Å². The molecule has 40 heavy (non-hydrogen) atoms. The summed E-state index contributed by atoms with van der Waals surface area (Å²) in [5, 5.41) is 8.83. The number of rotatable bonds is 20. The Kier molecular flexibility index (Phi) is 17.4. The third-order valence-electron chi connectivity index (χ3n) is 8.96. The number of carbonyl (C=O) groups is 2. The first-order chi connectivity index (χ1) is 19.4. The number of hydrogen-bond donors (Lipinski definition) is 1. The van der Waals surface area contributed by atoms with Crippen LogP contribution in [-0.2, 0) is 28.5 Å². The SMILES string of the molecule is C=C(COC)C(=O)OCC(CCC1CCC(C2CCC(CCCCC)CC2)CC1)COC(=O)C(=C)COCCO. The monoisotopic (exact) mass is 564 g/mol. The molecule has 1 atom stereocenters. The Labute approximate surface area is 243 Å². The highest BCUT2D eigenvalue weighted by atomic mass is 16.6. The van der Waals surface area contributed by atoms with Crippen molar-refractivity contribution in [2.75, 3.05) is 46.8 Å². The molecule has 7 nitrogen and oxygen atoms in total. The van der Waals surface area contributed by atoms with Crippen molar-refractivity contribution in [3.8, 4) is 0 Å². The van der Waals surface area contributed by atoms with Crippen molar-refractivity contribution >= 4 is 11.9 Å². The third kappa shape index (κ3) is 13.3. The van der Waals surface area contributed by atoms with Gasteiger partial charge in [0.05, 0.1) is 50.8 Å². The summed E-state index contributed by atoms with van der Waals surface area (Å²) in [6.07, 6.45) is 18.3. The van der Waals surface area contributed by atoms with E-state index in [1.165, 1.54) is 84.2 Å². The molecular weight excluding hydrogens is 508 g/mol. The fourth-order valence-electron chi connectivity index (χ4n) is 6.41. The zero-order valence-corrected chi connectivity index (χ0v) is 25.3. The Morgan fingerprint density at radius 1 is 0.800 bits per heavy atom. The Morgan fingerprint density at radius 2 is 1.32 bits per heavy atom. The Morgan fingerprint density at radius 3 is 1.82 bits per heavy atom. The van der Waals surface area contributed by atoms with E-state index in [2.05, 4.69) is 20.1 Å². The van der Waals surface area contributed by atoms with E-state index in [4.69, 9.17) is 24.1 Å². The molecule has 0 aromatic carbocycles. The van der Waals surface area contributed by atoms with Crippen molar-refractivity contribution < 1.29 is 33.6 Å². The van der Waals surface area contributed by atoms with Crippen molar-refractivity contribution in [1.29, 1.82) is 0 Å². The van der Waals surface area contributed by atoms with Crippen LogP contribution in [0.5, 0.6) is 0 Å². The summed E-state index contributed by atoms with van der Waals surface area (Å²) in [5.41, 5.74) is 0.465. The molecule has 2 rings (SSSR count). The Bertz CT molecular complexity index is 748. The molecule has 2 saturated carbocycles. The maximum atomic E-state index is 12.3. The molecule has 0 saturated heterocycles. The Hall–Kier alpha value is -1.70. The lowest BCUT2D eigenvalue weighted by Gasteiger charge is -2.38. The minimum absolute atomic E-state index is 0.0135. The number of carbonyl (C=O) groups excluding carboxylic acids is 2. The summed E-state index contributed by atoms with van der Waals surface area (Å²) in [4.78, 5) is 24.6. The van der Waals surface area contributed by atoms with E-state index in [1.54, 1.807) is 0 Å². The summed E-state index contributed by atoms with van der Waals surface area (Å²) < 4.78 is 21.1. The number of hydrogen-bond acceptors (Lipinski definition) is 7. The lowest BCUT2D eigenvalue weighted by Crippen LogP contribution is -2.27. The van der Waals surface area contributed by atoms with Crippen molar-refractivity contribution in [3.05, 3.63) is 24.3 Å². The number of methoxy groups -OCH3 is 1. The largest absolute Gasteiger partial charge is 0.462 e. The van der Waals surface area contributed by atoms with Gasteiger partial charge in [-0.1, -0.05) is 71.4 Å². The maximum Gasteiger partial charge on any atom is 0.335 e. The topological polar surface area (TPSA) is 91.3 Å². The van der Waals surface area contributed by atoms with E-state index >= 15 is 0 Å². The first kappa shape index (κ1) is 34.5. The van der Waals surface area contributed by atoms with E-state index < -0.39 is 11.9 Å². The molecule has 0 aromatic heterocycles. The lowest BCUT2D eigenvalue weighted by molar-refractivity contribution is -0.145. The van der Waals surface area contributed by atoms with Crippen LogP contribution in [0.1, 0.15) is 96.8 Å². The molecular formula is C33H56O7. The van der Waals surface area contributed by atoms with Crippen LogP contribution in [0.2, 0.25) is 0 Å². The minimum Gasteiger partial charge on any atom is -0.462 e. The van der Waals surface area contributed by atoms with Gasteiger partial charge in [0, 0.05) is 13.0 Å². The van der Waals surface area contributed by atoms with Crippen LogP contribution >= 0.6 is 0 Å². The van der Waals surface area contributed by atoms with E-state index in [0.29, 0.717) is 5.92 Å². The van der Waals surface area contributed by atoms with Crippen molar-refractivity contribution in [3.63, 3.8) is 0 Å². The fraction of sp³-hybridized carbons (Fsp3) is 0.818. The van der Waals surface area contributed by atoms with Crippen LogP contribution in [0, 0.1) is 29.6 Å². The predicted octanol–water partition coefficient (Wildman–Crippen LogP) is 6.43. The number of ether oxygens (including phenoxy) is 4. The summed E-state index contributed by atoms with van der Waals surface area (Å²) in [6, 6.07) is 0. The van der Waals surface area contributed by atoms with Gasteiger partial charge in [0.1, 0.15) is 0 Å². The maximum absolute atomic E-state index is 12.3. The number of aliphatic hydroxyl groups is 1. The molecule has 2 aliphatic rings. The number of unbranched alkanes of at least 4 members (excludes halogenated alkanes) is 2. The Balaban J connectivity index is 1.77. The van der Waals surface area contributed by atoms with Crippen LogP contribution in [-0.4, -0.2) is 63.8 Å². The van der Waals surface area contributed by atoms with Crippen molar-refractivity contribution in [2.24, 2.45) is 29.6 Å². The molecule has 0 aliphatic heterocycles. The summed E-state index contributed by atoms with van der Waals surface area (Å²) in [5.74, 6) is 2.33. The normalized spacial score (nSPS) is 23.8. The van der Waals surface area contributed by atoms with Crippen LogP contribution in [0.4, 0.5) is 0 Å².